The molecule has 12 heavy (non-hydrogen) atoms. The molecule has 1 nitrogen and oxygen atoms in total. The van der Waals surface area contributed by atoms with Gasteiger partial charge in [0.1, 0.15) is 5.76 Å². The summed E-state index contributed by atoms with van der Waals surface area (Å²) in [4.78, 5) is 0. The largest absolute Gasteiger partial charge is 0.490 e. The van der Waals surface area contributed by atoms with E-state index in [0.29, 0.717) is 6.10 Å². The molecule has 1 heteroatoms. The predicted octanol–water partition coefficient (Wildman–Crippen LogP) is 2.84. The molecule has 1 aliphatic carbocycles. The number of ether oxygens (including phenoxy) is 1. The first-order valence-electron chi connectivity index (χ1n) is 4.27. The van der Waals surface area contributed by atoms with Crippen LogP contribution in [0.2, 0.25) is 0 Å². The van der Waals surface area contributed by atoms with E-state index < -0.39 is 0 Å². The van der Waals surface area contributed by atoms with Gasteiger partial charge in [-0.15, -0.1) is 0 Å². The lowest BCUT2D eigenvalue weighted by atomic mass is 10.2. The summed E-state index contributed by atoms with van der Waals surface area (Å²) in [6.07, 6.45) is 2.82. The molecular weight excluding hydrogens is 148 g/mol. The third kappa shape index (κ3) is 1.67. The summed E-state index contributed by atoms with van der Waals surface area (Å²) in [5.41, 5.74) is 1.09. The third-order valence-corrected chi connectivity index (χ3v) is 1.93. The Morgan fingerprint density at radius 1 is 1.25 bits per heavy atom. The van der Waals surface area contributed by atoms with Crippen molar-refractivity contribution in [3.05, 3.63) is 42.5 Å². The van der Waals surface area contributed by atoms with Gasteiger partial charge in [-0.3, -0.25) is 0 Å². The lowest BCUT2D eigenvalue weighted by Gasteiger charge is -2.06. The average Bonchev–Trinajstić information content (AvgIpc) is 2.90. The maximum Gasteiger partial charge on any atom is 0.119 e. The van der Waals surface area contributed by atoms with Crippen molar-refractivity contribution in [3.8, 4) is 0 Å². The van der Waals surface area contributed by atoms with E-state index in [1.54, 1.807) is 0 Å². The Hall–Kier alpha value is -1.24. The van der Waals surface area contributed by atoms with Crippen LogP contribution in [0.5, 0.6) is 0 Å². The highest BCUT2D eigenvalue weighted by Gasteiger charge is 2.23. The molecule has 1 aromatic rings. The minimum absolute atomic E-state index is 0.442. The van der Waals surface area contributed by atoms with Crippen LogP contribution >= 0.6 is 0 Å². The van der Waals surface area contributed by atoms with E-state index >= 15 is 0 Å². The monoisotopic (exact) mass is 160 g/mol. The second-order valence-corrected chi connectivity index (χ2v) is 3.11. The van der Waals surface area contributed by atoms with Gasteiger partial charge in [0, 0.05) is 5.56 Å². The first-order valence-corrected chi connectivity index (χ1v) is 4.27. The highest BCUT2D eigenvalue weighted by Crippen LogP contribution is 2.28. The number of hydrogen-bond acceptors (Lipinski definition) is 1. The smallest absolute Gasteiger partial charge is 0.119 e. The summed E-state index contributed by atoms with van der Waals surface area (Å²) in [5.74, 6) is 0.804. The van der Waals surface area contributed by atoms with Crippen LogP contribution in [0, 0.1) is 0 Å². The van der Waals surface area contributed by atoms with Gasteiger partial charge in [0.2, 0.25) is 0 Å². The van der Waals surface area contributed by atoms with Crippen LogP contribution in [-0.4, -0.2) is 6.10 Å². The zero-order valence-corrected chi connectivity index (χ0v) is 6.99. The number of benzene rings is 1. The standard InChI is InChI=1S/C11H12O/c1-9(12-11-7-8-11)10-5-3-2-4-6-10/h2-6,11H,1,7-8H2. The van der Waals surface area contributed by atoms with Crippen molar-refractivity contribution in [1.82, 2.24) is 0 Å². The minimum Gasteiger partial charge on any atom is -0.490 e. The van der Waals surface area contributed by atoms with Crippen molar-refractivity contribution in [2.24, 2.45) is 0 Å². The van der Waals surface area contributed by atoms with Crippen molar-refractivity contribution in [1.29, 1.82) is 0 Å². The number of hydrogen-bond donors (Lipinski definition) is 0. The summed E-state index contributed by atoms with van der Waals surface area (Å²) in [7, 11) is 0. The third-order valence-electron chi connectivity index (χ3n) is 1.93. The zero-order chi connectivity index (χ0) is 8.39. The molecular formula is C11H12O. The van der Waals surface area contributed by atoms with Crippen LogP contribution in [0.1, 0.15) is 18.4 Å². The molecule has 1 aromatic carbocycles. The Kier molecular flexibility index (Phi) is 1.86. The molecule has 0 aromatic heterocycles. The van der Waals surface area contributed by atoms with Crippen molar-refractivity contribution in [3.63, 3.8) is 0 Å². The molecule has 1 aliphatic rings. The Morgan fingerprint density at radius 2 is 1.92 bits per heavy atom. The van der Waals surface area contributed by atoms with Gasteiger partial charge in [-0.1, -0.05) is 36.9 Å². The molecule has 0 heterocycles. The summed E-state index contributed by atoms with van der Waals surface area (Å²) in [6, 6.07) is 10.0. The molecule has 0 aliphatic heterocycles. The maximum absolute atomic E-state index is 5.55. The van der Waals surface area contributed by atoms with Crippen LogP contribution in [0.3, 0.4) is 0 Å². The maximum atomic E-state index is 5.55. The second-order valence-electron chi connectivity index (χ2n) is 3.11. The van der Waals surface area contributed by atoms with Gasteiger partial charge in [0.25, 0.3) is 0 Å². The highest BCUT2D eigenvalue weighted by molar-refractivity contribution is 5.57. The van der Waals surface area contributed by atoms with E-state index in [1.807, 2.05) is 30.3 Å². The van der Waals surface area contributed by atoms with Crippen LogP contribution < -0.4 is 0 Å². The Bertz CT molecular complexity index is 272. The van der Waals surface area contributed by atoms with Crippen molar-refractivity contribution < 1.29 is 4.74 Å². The zero-order valence-electron chi connectivity index (χ0n) is 6.99. The predicted molar refractivity (Wildman–Crippen MR) is 49.6 cm³/mol. The molecule has 0 saturated heterocycles. The molecule has 0 amide bonds. The van der Waals surface area contributed by atoms with Gasteiger partial charge in [-0.05, 0) is 12.8 Å². The fourth-order valence-corrected chi connectivity index (χ4v) is 1.08. The quantitative estimate of drug-likeness (QED) is 0.618. The van der Waals surface area contributed by atoms with E-state index in [-0.39, 0.29) is 0 Å². The number of rotatable bonds is 3. The molecule has 0 unspecified atom stereocenters. The Morgan fingerprint density at radius 3 is 2.50 bits per heavy atom. The molecule has 0 spiro atoms. The highest BCUT2D eigenvalue weighted by atomic mass is 16.5. The fourth-order valence-electron chi connectivity index (χ4n) is 1.08. The summed E-state index contributed by atoms with van der Waals surface area (Å²) < 4.78 is 5.55. The molecule has 0 radical (unpaired) electrons. The van der Waals surface area contributed by atoms with Gasteiger partial charge in [0.05, 0.1) is 6.10 Å². The van der Waals surface area contributed by atoms with Crippen LogP contribution in [0.25, 0.3) is 5.76 Å². The second kappa shape index (κ2) is 3.02. The molecule has 1 fully saturated rings. The first-order chi connectivity index (χ1) is 5.86. The van der Waals surface area contributed by atoms with Gasteiger partial charge < -0.3 is 4.74 Å². The van der Waals surface area contributed by atoms with E-state index in [4.69, 9.17) is 4.74 Å². The van der Waals surface area contributed by atoms with Crippen LogP contribution in [0.15, 0.2) is 36.9 Å². The van der Waals surface area contributed by atoms with Gasteiger partial charge in [-0.25, -0.2) is 0 Å². The molecule has 1 saturated carbocycles. The topological polar surface area (TPSA) is 9.23 Å². The average molecular weight is 160 g/mol. The SMILES string of the molecule is C=C(OC1CC1)c1ccccc1. The van der Waals surface area contributed by atoms with Crippen LogP contribution in [-0.2, 0) is 4.74 Å². The van der Waals surface area contributed by atoms with E-state index in [1.165, 1.54) is 12.8 Å². The lowest BCUT2D eigenvalue weighted by Crippen LogP contribution is -1.91. The van der Waals surface area contributed by atoms with E-state index in [9.17, 15) is 0 Å². The molecule has 0 N–H and O–H groups in total. The molecule has 62 valence electrons. The minimum atomic E-state index is 0.442. The molecule has 0 bridgehead atoms. The fraction of sp³-hybridized carbons (Fsp3) is 0.273. The Labute approximate surface area is 72.7 Å². The molecule has 2 rings (SSSR count). The summed E-state index contributed by atoms with van der Waals surface area (Å²) in [5, 5.41) is 0. The van der Waals surface area contributed by atoms with Crippen molar-refractivity contribution in [2.75, 3.05) is 0 Å². The normalized spacial score (nSPS) is 15.7. The Balaban J connectivity index is 2.03. The summed E-state index contributed by atoms with van der Waals surface area (Å²) >= 11 is 0. The van der Waals surface area contributed by atoms with Crippen molar-refractivity contribution >= 4 is 5.76 Å². The van der Waals surface area contributed by atoms with Gasteiger partial charge in [-0.2, -0.15) is 0 Å². The first kappa shape index (κ1) is 7.41. The lowest BCUT2D eigenvalue weighted by molar-refractivity contribution is 0.262. The molecule has 0 atom stereocenters. The van der Waals surface area contributed by atoms with E-state index in [2.05, 4.69) is 6.58 Å². The van der Waals surface area contributed by atoms with Gasteiger partial charge in [0.15, 0.2) is 0 Å². The van der Waals surface area contributed by atoms with Gasteiger partial charge >= 0.3 is 0 Å². The van der Waals surface area contributed by atoms with Crippen LogP contribution in [0.4, 0.5) is 0 Å². The summed E-state index contributed by atoms with van der Waals surface area (Å²) in [6.45, 7) is 3.88. The van der Waals surface area contributed by atoms with Crippen molar-refractivity contribution in [2.45, 2.75) is 18.9 Å². The van der Waals surface area contributed by atoms with E-state index in [0.717, 1.165) is 11.3 Å².